The van der Waals surface area contributed by atoms with Gasteiger partial charge in [-0.2, -0.15) is 0 Å². The average molecular weight is 495 g/mol. The molecule has 1 atom stereocenters. The van der Waals surface area contributed by atoms with Gasteiger partial charge in [0.15, 0.2) is 16.6 Å². The number of likely N-dealkylation sites (N-methyl/N-ethyl adjacent to an activating group) is 1. The van der Waals surface area contributed by atoms with Crippen LogP contribution in [0.2, 0.25) is 0 Å². The summed E-state index contributed by atoms with van der Waals surface area (Å²) < 4.78 is 10.5. The van der Waals surface area contributed by atoms with E-state index in [0.717, 1.165) is 30.5 Å². The minimum atomic E-state index is -0.245. The van der Waals surface area contributed by atoms with Gasteiger partial charge in [0.25, 0.3) is 11.8 Å². The molecule has 184 valence electrons. The monoisotopic (exact) mass is 494 g/mol. The van der Waals surface area contributed by atoms with Crippen LogP contribution in [0, 0.1) is 0 Å². The highest BCUT2D eigenvalue weighted by Gasteiger charge is 2.24. The molecule has 1 aliphatic carbocycles. The second-order valence-corrected chi connectivity index (χ2v) is 9.74. The lowest BCUT2D eigenvalue weighted by Gasteiger charge is -2.27. The van der Waals surface area contributed by atoms with Crippen molar-refractivity contribution in [1.82, 2.24) is 15.2 Å². The Morgan fingerprint density at radius 1 is 1.06 bits per heavy atom. The number of thiazole rings is 1. The highest BCUT2D eigenvalue weighted by Crippen LogP contribution is 2.31. The number of ether oxygens (including phenoxy) is 2. The van der Waals surface area contributed by atoms with E-state index < -0.39 is 0 Å². The summed E-state index contributed by atoms with van der Waals surface area (Å²) in [5, 5.41) is 6.46. The average Bonchev–Trinajstić information content (AvgIpc) is 3.28. The number of aryl methyl sites for hydroxylation is 1. The SMILES string of the molecule is COc1ccc(C(=O)NCc2cccc(C(=O)Nc3nc4c(s3)C[C@@H](N(C)C)CC4)c2)cc1OC. The summed E-state index contributed by atoms with van der Waals surface area (Å²) >= 11 is 1.56. The van der Waals surface area contributed by atoms with Crippen molar-refractivity contribution in [2.75, 3.05) is 33.6 Å². The quantitative estimate of drug-likeness (QED) is 0.495. The lowest BCUT2D eigenvalue weighted by molar-refractivity contribution is 0.0950. The number of nitrogens with zero attached hydrogens (tertiary/aromatic N) is 2. The van der Waals surface area contributed by atoms with Crippen LogP contribution in [0.5, 0.6) is 11.5 Å². The predicted octanol–water partition coefficient (Wildman–Crippen LogP) is 3.76. The fraction of sp³-hybridized carbons (Fsp3) is 0.346. The molecular weight excluding hydrogens is 464 g/mol. The zero-order valence-corrected chi connectivity index (χ0v) is 21.2. The number of benzene rings is 2. The van der Waals surface area contributed by atoms with Gasteiger partial charge in [-0.25, -0.2) is 4.98 Å². The van der Waals surface area contributed by atoms with Crippen molar-refractivity contribution < 1.29 is 19.1 Å². The first-order chi connectivity index (χ1) is 16.9. The van der Waals surface area contributed by atoms with Crippen LogP contribution in [-0.4, -0.2) is 56.1 Å². The van der Waals surface area contributed by atoms with Crippen LogP contribution in [0.25, 0.3) is 0 Å². The lowest BCUT2D eigenvalue weighted by Crippen LogP contribution is -2.32. The van der Waals surface area contributed by atoms with Gasteiger partial charge >= 0.3 is 0 Å². The number of fused-ring (bicyclic) bond motifs is 1. The van der Waals surface area contributed by atoms with Crippen LogP contribution >= 0.6 is 11.3 Å². The molecule has 1 heterocycles. The number of amides is 2. The maximum absolute atomic E-state index is 12.9. The van der Waals surface area contributed by atoms with Crippen LogP contribution in [0.15, 0.2) is 42.5 Å². The van der Waals surface area contributed by atoms with Crippen molar-refractivity contribution in [3.8, 4) is 11.5 Å². The van der Waals surface area contributed by atoms with Gasteiger partial charge in [-0.15, -0.1) is 11.3 Å². The molecule has 2 amide bonds. The minimum absolute atomic E-state index is 0.215. The van der Waals surface area contributed by atoms with Crippen molar-refractivity contribution in [2.24, 2.45) is 0 Å². The zero-order chi connectivity index (χ0) is 24.9. The molecule has 0 saturated carbocycles. The number of nitrogens with one attached hydrogen (secondary N) is 2. The normalized spacial score (nSPS) is 14.8. The summed E-state index contributed by atoms with van der Waals surface area (Å²) in [5.41, 5.74) is 2.89. The van der Waals surface area contributed by atoms with E-state index in [2.05, 4.69) is 34.6 Å². The molecule has 0 spiro atoms. The number of hydrogen-bond acceptors (Lipinski definition) is 7. The van der Waals surface area contributed by atoms with Gasteiger partial charge in [0, 0.05) is 28.6 Å². The van der Waals surface area contributed by atoms with Gasteiger partial charge in [0.2, 0.25) is 0 Å². The Morgan fingerprint density at radius 3 is 2.57 bits per heavy atom. The first kappa shape index (κ1) is 24.7. The minimum Gasteiger partial charge on any atom is -0.493 e. The van der Waals surface area contributed by atoms with E-state index in [9.17, 15) is 9.59 Å². The van der Waals surface area contributed by atoms with Crippen molar-refractivity contribution in [1.29, 1.82) is 0 Å². The topological polar surface area (TPSA) is 92.8 Å². The molecule has 8 nitrogen and oxygen atoms in total. The first-order valence-electron chi connectivity index (χ1n) is 11.4. The molecule has 0 aliphatic heterocycles. The number of methoxy groups -OCH3 is 2. The second-order valence-electron chi connectivity index (χ2n) is 8.66. The van der Waals surface area contributed by atoms with Crippen molar-refractivity contribution in [3.63, 3.8) is 0 Å². The zero-order valence-electron chi connectivity index (χ0n) is 20.4. The molecule has 3 aromatic rings. The summed E-state index contributed by atoms with van der Waals surface area (Å²) in [5.74, 6) is 0.583. The summed E-state index contributed by atoms with van der Waals surface area (Å²) in [4.78, 5) is 33.6. The molecule has 35 heavy (non-hydrogen) atoms. The third kappa shape index (κ3) is 5.80. The van der Waals surface area contributed by atoms with Gasteiger partial charge in [-0.1, -0.05) is 12.1 Å². The molecular formula is C26H30N4O4S. The van der Waals surface area contributed by atoms with Crippen molar-refractivity contribution >= 4 is 28.3 Å². The number of carbonyl (C=O) groups is 2. The van der Waals surface area contributed by atoms with Crippen LogP contribution < -0.4 is 20.1 Å². The Hall–Kier alpha value is -3.43. The second kappa shape index (κ2) is 10.9. The van der Waals surface area contributed by atoms with Crippen LogP contribution in [0.3, 0.4) is 0 Å². The molecule has 1 aromatic heterocycles. The van der Waals surface area contributed by atoms with Gasteiger partial charge < -0.3 is 19.7 Å². The standard InChI is InChI=1S/C26H30N4O4S/c1-30(2)19-9-10-20-23(14-19)35-26(28-20)29-25(32)17-7-5-6-16(12-17)15-27-24(31)18-8-11-21(33-3)22(13-18)34-4/h5-8,11-13,19H,9-10,14-15H2,1-4H3,(H,27,31)(H,28,29,32)/t19-/m0/s1. The lowest BCUT2D eigenvalue weighted by atomic mass is 9.97. The van der Waals surface area contributed by atoms with Crippen LogP contribution in [0.1, 0.15) is 43.3 Å². The molecule has 2 aromatic carbocycles. The van der Waals surface area contributed by atoms with E-state index in [4.69, 9.17) is 9.47 Å². The number of hydrogen-bond donors (Lipinski definition) is 2. The van der Waals surface area contributed by atoms with E-state index in [-0.39, 0.29) is 18.4 Å². The van der Waals surface area contributed by atoms with E-state index in [0.29, 0.717) is 33.8 Å². The Bertz CT molecular complexity index is 1220. The Labute approximate surface area is 209 Å². The van der Waals surface area contributed by atoms with Crippen LogP contribution in [-0.2, 0) is 19.4 Å². The van der Waals surface area contributed by atoms with Gasteiger partial charge in [-0.3, -0.25) is 14.9 Å². The number of aromatic nitrogens is 1. The Kier molecular flexibility index (Phi) is 7.67. The Morgan fingerprint density at radius 2 is 1.83 bits per heavy atom. The molecule has 4 rings (SSSR count). The number of rotatable bonds is 8. The molecule has 0 radical (unpaired) electrons. The molecule has 0 saturated heterocycles. The molecule has 2 N–H and O–H groups in total. The highest BCUT2D eigenvalue weighted by atomic mass is 32.1. The molecule has 0 unspecified atom stereocenters. The third-order valence-corrected chi connectivity index (χ3v) is 7.19. The molecule has 1 aliphatic rings. The van der Waals surface area contributed by atoms with E-state index in [1.165, 1.54) is 12.0 Å². The summed E-state index contributed by atoms with van der Waals surface area (Å²) in [6.07, 6.45) is 2.97. The fourth-order valence-corrected chi connectivity index (χ4v) is 5.18. The number of anilines is 1. The maximum Gasteiger partial charge on any atom is 0.257 e. The molecule has 9 heteroatoms. The van der Waals surface area contributed by atoms with E-state index in [1.807, 2.05) is 6.07 Å². The van der Waals surface area contributed by atoms with E-state index in [1.54, 1.807) is 54.8 Å². The van der Waals surface area contributed by atoms with Gasteiger partial charge in [0.1, 0.15) is 0 Å². The third-order valence-electron chi connectivity index (χ3n) is 6.15. The van der Waals surface area contributed by atoms with Gasteiger partial charge in [0.05, 0.1) is 19.9 Å². The molecule has 0 fully saturated rings. The van der Waals surface area contributed by atoms with Crippen molar-refractivity contribution in [2.45, 2.75) is 31.8 Å². The van der Waals surface area contributed by atoms with Crippen LogP contribution in [0.4, 0.5) is 5.13 Å². The van der Waals surface area contributed by atoms with Gasteiger partial charge in [-0.05, 0) is 69.3 Å². The highest BCUT2D eigenvalue weighted by molar-refractivity contribution is 7.15. The fourth-order valence-electron chi connectivity index (χ4n) is 4.11. The van der Waals surface area contributed by atoms with Crippen molar-refractivity contribution in [3.05, 3.63) is 69.7 Å². The summed E-state index contributed by atoms with van der Waals surface area (Å²) in [7, 11) is 7.27. The maximum atomic E-state index is 12.9. The smallest absolute Gasteiger partial charge is 0.257 e. The Balaban J connectivity index is 1.38. The van der Waals surface area contributed by atoms with E-state index >= 15 is 0 Å². The number of carbonyl (C=O) groups excluding carboxylic acids is 2. The molecule has 0 bridgehead atoms. The first-order valence-corrected chi connectivity index (χ1v) is 12.2. The largest absolute Gasteiger partial charge is 0.493 e. The summed E-state index contributed by atoms with van der Waals surface area (Å²) in [6.45, 7) is 0.284. The summed E-state index contributed by atoms with van der Waals surface area (Å²) in [6, 6.07) is 12.7. The predicted molar refractivity (Wildman–Crippen MR) is 137 cm³/mol.